The molecule has 1 aliphatic rings. The van der Waals surface area contributed by atoms with Crippen LogP contribution in [0.3, 0.4) is 0 Å². The topological polar surface area (TPSA) is 31.0 Å². The molecule has 0 fully saturated rings. The molecular weight excluding hydrogens is 396 g/mol. The Kier molecular flexibility index (Phi) is 3.60. The fraction of sp³-hybridized carbons (Fsp3) is 0.222. The van der Waals surface area contributed by atoms with Crippen LogP contribution in [0.1, 0.15) is 19.4 Å². The maximum absolute atomic E-state index is 6.58. The second-order valence-electron chi connectivity index (χ2n) is 10.3. The molecule has 2 aromatic carbocycles. The molecule has 4 heteroatoms. The maximum atomic E-state index is 6.58. The van der Waals surface area contributed by atoms with Crippen LogP contribution in [0.4, 0.5) is 0 Å². The number of hydrogen-bond acceptors (Lipinski definition) is 2. The summed E-state index contributed by atoms with van der Waals surface area (Å²) in [7, 11) is -1.38. The summed E-state index contributed by atoms with van der Waals surface area (Å²) in [6.07, 6.45) is 6.48. The molecule has 5 aromatic rings. The van der Waals surface area contributed by atoms with Gasteiger partial charge in [0.1, 0.15) is 5.58 Å². The van der Waals surface area contributed by atoms with E-state index in [1.807, 2.05) is 6.20 Å². The molecule has 0 radical (unpaired) electrons. The van der Waals surface area contributed by atoms with E-state index in [2.05, 4.69) is 98.9 Å². The smallest absolute Gasteiger partial charge is 0.213 e. The summed E-state index contributed by atoms with van der Waals surface area (Å²) >= 11 is 0. The summed E-state index contributed by atoms with van der Waals surface area (Å²) in [5, 5.41) is 4.96. The molecule has 0 saturated carbocycles. The summed E-state index contributed by atoms with van der Waals surface area (Å²) in [6.45, 7) is 11.6. The highest BCUT2D eigenvalue weighted by molar-refractivity contribution is 6.88. The SMILES string of the molecule is CC1(C)C=Cn2c3oc4c(-c5ccc([Si](C)(C)C)cn5)cccc4c3c3cccc1c32. The van der Waals surface area contributed by atoms with Crippen molar-refractivity contribution < 1.29 is 4.42 Å². The number of hydrogen-bond donors (Lipinski definition) is 0. The van der Waals surface area contributed by atoms with Crippen LogP contribution < -0.4 is 5.19 Å². The fourth-order valence-corrected chi connectivity index (χ4v) is 5.89. The molecule has 0 atom stereocenters. The number of rotatable bonds is 2. The third kappa shape index (κ3) is 2.55. The lowest BCUT2D eigenvalue weighted by atomic mass is 9.82. The molecule has 0 saturated heterocycles. The molecule has 0 aliphatic carbocycles. The van der Waals surface area contributed by atoms with Crippen LogP contribution in [-0.2, 0) is 5.41 Å². The minimum Gasteiger partial charge on any atom is -0.438 e. The third-order valence-electron chi connectivity index (χ3n) is 6.70. The standard InChI is InChI=1S/C27H26N2OSi/c1-27(2)14-15-29-24-19(9-7-11-21(24)27)23-20-10-6-8-18(25(20)30-26(23)29)22-13-12-17(16-28-22)31(3,4)5/h6-16H,1-5H3. The molecule has 0 unspecified atom stereocenters. The Bertz CT molecular complexity index is 1530. The highest BCUT2D eigenvalue weighted by Gasteiger charge is 2.29. The Morgan fingerprint density at radius 1 is 0.935 bits per heavy atom. The molecule has 4 heterocycles. The Hall–Kier alpha value is -3.11. The molecule has 154 valence electrons. The Morgan fingerprint density at radius 3 is 2.45 bits per heavy atom. The van der Waals surface area contributed by atoms with Gasteiger partial charge in [-0.2, -0.15) is 0 Å². The summed E-state index contributed by atoms with van der Waals surface area (Å²) < 4.78 is 8.80. The molecular formula is C27H26N2OSi. The normalized spacial score (nSPS) is 15.4. The minimum absolute atomic E-state index is 0.00825. The van der Waals surface area contributed by atoms with E-state index >= 15 is 0 Å². The van der Waals surface area contributed by atoms with Gasteiger partial charge < -0.3 is 4.42 Å². The van der Waals surface area contributed by atoms with Crippen molar-refractivity contribution in [3.05, 3.63) is 66.4 Å². The summed E-state index contributed by atoms with van der Waals surface area (Å²) in [5.74, 6) is 0. The van der Waals surface area contributed by atoms with E-state index in [1.165, 1.54) is 27.0 Å². The molecule has 0 bridgehead atoms. The predicted molar refractivity (Wildman–Crippen MR) is 134 cm³/mol. The number of allylic oxidation sites excluding steroid dienone is 1. The summed E-state index contributed by atoms with van der Waals surface area (Å²) in [5.41, 5.74) is 6.44. The largest absolute Gasteiger partial charge is 0.438 e. The number of benzene rings is 2. The van der Waals surface area contributed by atoms with E-state index < -0.39 is 8.07 Å². The molecule has 3 nitrogen and oxygen atoms in total. The van der Waals surface area contributed by atoms with Crippen molar-refractivity contribution in [1.82, 2.24) is 9.55 Å². The predicted octanol–water partition coefficient (Wildman–Crippen LogP) is 6.91. The second kappa shape index (κ2) is 5.98. The number of fused-ring (bicyclic) bond motifs is 5. The zero-order valence-electron chi connectivity index (χ0n) is 18.7. The molecule has 1 aliphatic heterocycles. The zero-order valence-corrected chi connectivity index (χ0v) is 19.7. The molecule has 3 aromatic heterocycles. The average Bonchev–Trinajstić information content (AvgIpc) is 3.26. The third-order valence-corrected chi connectivity index (χ3v) is 8.73. The van der Waals surface area contributed by atoms with Crippen molar-refractivity contribution >= 4 is 52.4 Å². The first-order valence-electron chi connectivity index (χ1n) is 10.9. The number of nitrogens with zero attached hydrogens (tertiary/aromatic N) is 2. The van der Waals surface area contributed by atoms with Crippen molar-refractivity contribution in [1.29, 1.82) is 0 Å². The Balaban J connectivity index is 1.64. The van der Waals surface area contributed by atoms with Crippen LogP contribution >= 0.6 is 0 Å². The van der Waals surface area contributed by atoms with Gasteiger partial charge in [0.05, 0.1) is 24.7 Å². The Morgan fingerprint density at radius 2 is 1.71 bits per heavy atom. The average molecular weight is 423 g/mol. The monoisotopic (exact) mass is 422 g/mol. The van der Waals surface area contributed by atoms with E-state index in [1.54, 1.807) is 0 Å². The van der Waals surface area contributed by atoms with Crippen molar-refractivity contribution in [3.8, 4) is 11.3 Å². The highest BCUT2D eigenvalue weighted by Crippen LogP contribution is 2.45. The van der Waals surface area contributed by atoms with Gasteiger partial charge in [0.25, 0.3) is 0 Å². The maximum Gasteiger partial charge on any atom is 0.213 e. The lowest BCUT2D eigenvalue weighted by molar-refractivity contribution is 0.638. The van der Waals surface area contributed by atoms with E-state index in [0.29, 0.717) is 0 Å². The Labute approximate surface area is 183 Å². The molecule has 0 N–H and O–H groups in total. The zero-order chi connectivity index (χ0) is 21.5. The van der Waals surface area contributed by atoms with Gasteiger partial charge in [0.2, 0.25) is 5.71 Å². The first-order valence-corrected chi connectivity index (χ1v) is 14.4. The van der Waals surface area contributed by atoms with Crippen molar-refractivity contribution in [2.75, 3.05) is 0 Å². The van der Waals surface area contributed by atoms with Gasteiger partial charge in [-0.15, -0.1) is 0 Å². The molecule has 0 amide bonds. The quantitative estimate of drug-likeness (QED) is 0.289. The van der Waals surface area contributed by atoms with Crippen LogP contribution in [0.5, 0.6) is 0 Å². The van der Waals surface area contributed by atoms with Gasteiger partial charge in [-0.05, 0) is 22.9 Å². The first-order chi connectivity index (χ1) is 14.8. The lowest BCUT2D eigenvalue weighted by Gasteiger charge is -2.26. The van der Waals surface area contributed by atoms with Crippen LogP contribution in [0.2, 0.25) is 19.6 Å². The summed E-state index contributed by atoms with van der Waals surface area (Å²) in [4.78, 5) is 4.82. The van der Waals surface area contributed by atoms with E-state index in [0.717, 1.165) is 27.9 Å². The van der Waals surface area contributed by atoms with Crippen molar-refractivity contribution in [2.24, 2.45) is 0 Å². The van der Waals surface area contributed by atoms with Crippen LogP contribution in [0.25, 0.3) is 50.4 Å². The molecule has 31 heavy (non-hydrogen) atoms. The number of pyridine rings is 1. The number of para-hydroxylation sites is 2. The highest BCUT2D eigenvalue weighted by atomic mass is 28.3. The second-order valence-corrected chi connectivity index (χ2v) is 15.3. The van der Waals surface area contributed by atoms with Gasteiger partial charge in [-0.3, -0.25) is 9.55 Å². The lowest BCUT2D eigenvalue weighted by Crippen LogP contribution is -2.37. The van der Waals surface area contributed by atoms with Gasteiger partial charge in [-0.1, -0.05) is 76.0 Å². The molecule has 6 rings (SSSR count). The minimum atomic E-state index is -1.38. The van der Waals surface area contributed by atoms with Crippen molar-refractivity contribution in [2.45, 2.75) is 38.9 Å². The van der Waals surface area contributed by atoms with E-state index in [4.69, 9.17) is 9.40 Å². The first kappa shape index (κ1) is 18.6. The number of furan rings is 1. The van der Waals surface area contributed by atoms with Gasteiger partial charge >= 0.3 is 0 Å². The van der Waals surface area contributed by atoms with Crippen LogP contribution in [0.15, 0.2) is 65.2 Å². The van der Waals surface area contributed by atoms with Crippen LogP contribution in [0, 0.1) is 0 Å². The van der Waals surface area contributed by atoms with E-state index in [9.17, 15) is 0 Å². The fourth-order valence-electron chi connectivity index (χ4n) is 4.85. The van der Waals surface area contributed by atoms with Crippen LogP contribution in [-0.4, -0.2) is 17.6 Å². The van der Waals surface area contributed by atoms with E-state index in [-0.39, 0.29) is 5.41 Å². The molecule has 0 spiro atoms. The van der Waals surface area contributed by atoms with Crippen molar-refractivity contribution in [3.63, 3.8) is 0 Å². The van der Waals surface area contributed by atoms with Gasteiger partial charge in [0, 0.05) is 34.1 Å². The van der Waals surface area contributed by atoms with Gasteiger partial charge in [-0.25, -0.2) is 0 Å². The number of aromatic nitrogens is 2. The van der Waals surface area contributed by atoms with Gasteiger partial charge in [0.15, 0.2) is 0 Å². The summed E-state index contributed by atoms with van der Waals surface area (Å²) in [6, 6.07) is 17.4.